The van der Waals surface area contributed by atoms with Crippen molar-refractivity contribution in [2.24, 2.45) is 10.2 Å². The topological polar surface area (TPSA) is 252 Å². The van der Waals surface area contributed by atoms with Gasteiger partial charge in [-0.1, -0.05) is 0 Å². The Bertz CT molecular complexity index is 2020. The predicted molar refractivity (Wildman–Crippen MR) is 206 cm³/mol. The first-order valence-electron chi connectivity index (χ1n) is 17.9. The van der Waals surface area contributed by atoms with Crippen LogP contribution in [0.1, 0.15) is 27.7 Å². The number of benzene rings is 2. The number of ether oxygens (including phenoxy) is 2. The molecule has 23 heteroatoms. The third-order valence-corrected chi connectivity index (χ3v) is 8.48. The van der Waals surface area contributed by atoms with Crippen LogP contribution in [0.5, 0.6) is 0 Å². The van der Waals surface area contributed by atoms with E-state index in [1.807, 2.05) is 0 Å². The van der Waals surface area contributed by atoms with Crippen molar-refractivity contribution in [1.29, 1.82) is 0 Å². The van der Waals surface area contributed by atoms with Crippen LogP contribution in [-0.2, 0) is 38.2 Å². The van der Waals surface area contributed by atoms with E-state index in [1.165, 1.54) is 59.4 Å². The number of ketones is 2. The van der Waals surface area contributed by atoms with Gasteiger partial charge in [0, 0.05) is 40.8 Å². The fourth-order valence-electron chi connectivity index (χ4n) is 5.53. The van der Waals surface area contributed by atoms with Crippen LogP contribution in [0.15, 0.2) is 46.6 Å². The van der Waals surface area contributed by atoms with Crippen molar-refractivity contribution in [1.82, 2.24) is 21.1 Å². The maximum atomic E-state index is 14.7. The van der Waals surface area contributed by atoms with Crippen LogP contribution in [0.25, 0.3) is 0 Å². The van der Waals surface area contributed by atoms with Gasteiger partial charge in [-0.25, -0.2) is 28.2 Å². The summed E-state index contributed by atoms with van der Waals surface area (Å²) in [6, 6.07) is 8.84. The second kappa shape index (κ2) is 20.3. The molecule has 0 unspecified atom stereocenters. The molecule has 5 amide bonds. The van der Waals surface area contributed by atoms with E-state index in [0.29, 0.717) is 30.2 Å². The smallest absolute Gasteiger partial charge is 0.414 e. The molecule has 2 fully saturated rings. The van der Waals surface area contributed by atoms with Gasteiger partial charge in [0.25, 0.3) is 0 Å². The van der Waals surface area contributed by atoms with Crippen LogP contribution in [0.3, 0.4) is 0 Å². The number of cyclic esters (lactones) is 2. The number of halogens is 2. The summed E-state index contributed by atoms with van der Waals surface area (Å²) in [5, 5.41) is 21.6. The quantitative estimate of drug-likeness (QED) is 0.242. The summed E-state index contributed by atoms with van der Waals surface area (Å²) >= 11 is 0. The Balaban J connectivity index is 0.000000232. The molecule has 0 spiro atoms. The number of amides is 5. The molecule has 2 saturated heterocycles. The van der Waals surface area contributed by atoms with E-state index in [0.717, 1.165) is 18.9 Å². The van der Waals surface area contributed by atoms with E-state index < -0.39 is 59.5 Å². The lowest BCUT2D eigenvalue weighted by atomic mass is 10.2. The van der Waals surface area contributed by atoms with Crippen molar-refractivity contribution in [3.8, 4) is 0 Å². The standard InChI is InChI=1S/C18H20FN5O5.C15H18FN5O3.C3H4O3/c1-11(25)17(27)24-6-5-22(10-21-24)16-4-3-13(7-15(16)19)23-9-14(29-18(23)28)8-20-12(2)26;1-10(22)17-7-12-8-21(15(23)24-12)11-2-3-14(13(16)6-11)20-5-4-18-19-9-20;1-2(4)3(5)6/h3-4,7,10,14H,5-6,8-9H2,1-2H3,(H,20,26);2-3,6,9,12,18H,4-5,7-8H2,1H3,(H,17,22);1H3,(H,5,6)/t14-;12-;/m00./s1. The largest absolute Gasteiger partial charge is 0.476 e. The monoisotopic (exact) mass is 828 g/mol. The number of nitrogens with one attached hydrogen (secondary N) is 3. The number of hydrazone groups is 2. The van der Waals surface area contributed by atoms with Gasteiger partial charge < -0.3 is 40.4 Å². The van der Waals surface area contributed by atoms with Crippen LogP contribution >= 0.6 is 0 Å². The molecule has 21 nitrogen and oxygen atoms in total. The number of rotatable bonds is 10. The van der Waals surface area contributed by atoms with Gasteiger partial charge in [0.05, 0.1) is 62.0 Å². The van der Waals surface area contributed by atoms with Crippen LogP contribution < -0.4 is 35.7 Å². The molecule has 0 aliphatic carbocycles. The van der Waals surface area contributed by atoms with Gasteiger partial charge in [0.1, 0.15) is 36.5 Å². The second-order valence-electron chi connectivity index (χ2n) is 13.0. The molecule has 316 valence electrons. The summed E-state index contributed by atoms with van der Waals surface area (Å²) in [6.45, 7) is 7.39. The first kappa shape index (κ1) is 44.5. The number of carbonyl (C=O) groups excluding carboxylic acids is 7. The molecule has 4 aliphatic rings. The zero-order chi connectivity index (χ0) is 43.4. The molecular weight excluding hydrogens is 786 g/mol. The van der Waals surface area contributed by atoms with Gasteiger partial charge in [-0.15, -0.1) is 0 Å². The number of hydrogen-bond acceptors (Lipinski definition) is 15. The van der Waals surface area contributed by atoms with Crippen molar-refractivity contribution >= 4 is 82.9 Å². The highest BCUT2D eigenvalue weighted by Gasteiger charge is 2.34. The van der Waals surface area contributed by atoms with Crippen molar-refractivity contribution in [3.05, 3.63) is 48.0 Å². The van der Waals surface area contributed by atoms with Crippen molar-refractivity contribution in [2.75, 3.05) is 72.0 Å². The van der Waals surface area contributed by atoms with Gasteiger partial charge in [-0.2, -0.15) is 10.2 Å². The molecular formula is C36H42F2N10O11. The Kier molecular flexibility index (Phi) is 15.3. The summed E-state index contributed by atoms with van der Waals surface area (Å²) in [7, 11) is 0. The highest BCUT2D eigenvalue weighted by molar-refractivity contribution is 6.35. The Morgan fingerprint density at radius 3 is 1.58 bits per heavy atom. The number of carbonyl (C=O) groups is 8. The molecule has 0 aromatic heterocycles. The van der Waals surface area contributed by atoms with Crippen LogP contribution in [-0.4, -0.2) is 135 Å². The average Bonchev–Trinajstić information content (AvgIpc) is 3.77. The van der Waals surface area contributed by atoms with Gasteiger partial charge in [-0.3, -0.25) is 33.8 Å². The maximum Gasteiger partial charge on any atom is 0.414 e. The van der Waals surface area contributed by atoms with E-state index in [1.54, 1.807) is 23.1 Å². The molecule has 0 saturated carbocycles. The summed E-state index contributed by atoms with van der Waals surface area (Å²) in [6.07, 6.45) is 0.648. The highest BCUT2D eigenvalue weighted by atomic mass is 19.1. The summed E-state index contributed by atoms with van der Waals surface area (Å²) in [4.78, 5) is 93.4. The number of Topliss-reactive ketones (excluding diaryl/α,β-unsaturated/α-hetero) is 2. The lowest BCUT2D eigenvalue weighted by molar-refractivity contribution is -0.148. The molecule has 0 bridgehead atoms. The number of aliphatic carboxylic acids is 1. The minimum Gasteiger partial charge on any atom is -0.476 e. The fraction of sp³-hybridized carbons (Fsp3) is 0.389. The number of carboxylic acid groups (broad SMARTS) is 1. The first-order chi connectivity index (χ1) is 27.9. The molecule has 0 radical (unpaired) electrons. The summed E-state index contributed by atoms with van der Waals surface area (Å²) < 4.78 is 39.4. The minimum atomic E-state index is -1.38. The number of nitrogens with zero attached hydrogens (tertiary/aromatic N) is 7. The Hall–Kier alpha value is -7.20. The average molecular weight is 829 g/mol. The van der Waals surface area contributed by atoms with E-state index in [9.17, 15) is 47.1 Å². The SMILES string of the molecule is CC(=O)C(=O)O.CC(=O)NC[C@H]1CN(c2ccc(N3C=NN(C(=O)C(C)=O)CC3)c(F)c2)C(=O)O1.CC(=O)NC[C@H]1CN(c2ccc(N3C=NNCC3)c(F)c2)C(=O)O1. The van der Waals surface area contributed by atoms with E-state index in [2.05, 4.69) is 26.3 Å². The third kappa shape index (κ3) is 12.4. The number of carboxylic acids is 1. The van der Waals surface area contributed by atoms with Crippen molar-refractivity contribution in [2.45, 2.75) is 39.9 Å². The fourth-order valence-corrected chi connectivity index (χ4v) is 5.53. The van der Waals surface area contributed by atoms with Crippen molar-refractivity contribution < 1.29 is 61.7 Å². The normalized spacial score (nSPS) is 18.0. The summed E-state index contributed by atoms with van der Waals surface area (Å²) in [5.41, 5.74) is 4.15. The first-order valence-corrected chi connectivity index (χ1v) is 17.9. The van der Waals surface area contributed by atoms with Crippen molar-refractivity contribution in [3.63, 3.8) is 0 Å². The molecule has 4 heterocycles. The highest BCUT2D eigenvalue weighted by Crippen LogP contribution is 2.29. The van der Waals surface area contributed by atoms with E-state index in [-0.39, 0.29) is 56.8 Å². The second-order valence-corrected chi connectivity index (χ2v) is 13.0. The van der Waals surface area contributed by atoms with Crippen LogP contribution in [0.2, 0.25) is 0 Å². The molecule has 4 N–H and O–H groups in total. The predicted octanol–water partition coefficient (Wildman–Crippen LogP) is 0.768. The van der Waals surface area contributed by atoms with E-state index >= 15 is 0 Å². The molecule has 2 aromatic rings. The molecule has 2 atom stereocenters. The third-order valence-electron chi connectivity index (χ3n) is 8.48. The lowest BCUT2D eigenvalue weighted by Gasteiger charge is -2.28. The minimum absolute atomic E-state index is 0.138. The zero-order valence-electron chi connectivity index (χ0n) is 32.3. The molecule has 6 rings (SSSR count). The van der Waals surface area contributed by atoms with Gasteiger partial charge in [0.2, 0.25) is 23.4 Å². The Morgan fingerprint density at radius 1 is 0.746 bits per heavy atom. The van der Waals surface area contributed by atoms with Crippen LogP contribution in [0, 0.1) is 11.6 Å². The van der Waals surface area contributed by atoms with E-state index in [4.69, 9.17) is 14.6 Å². The Labute approximate surface area is 335 Å². The van der Waals surface area contributed by atoms with Crippen LogP contribution in [0.4, 0.5) is 41.1 Å². The maximum absolute atomic E-state index is 14.7. The summed E-state index contributed by atoms with van der Waals surface area (Å²) in [5.74, 6) is -5.01. The van der Waals surface area contributed by atoms with Gasteiger partial charge >= 0.3 is 24.1 Å². The Morgan fingerprint density at radius 2 is 1.22 bits per heavy atom. The molecule has 2 aromatic carbocycles. The zero-order valence-corrected chi connectivity index (χ0v) is 32.3. The lowest BCUT2D eigenvalue weighted by Crippen LogP contribution is -2.43. The van der Waals surface area contributed by atoms with Gasteiger partial charge in [0.15, 0.2) is 0 Å². The number of anilines is 4. The molecule has 4 aliphatic heterocycles. The number of hydrogen-bond donors (Lipinski definition) is 4. The van der Waals surface area contributed by atoms with Gasteiger partial charge in [-0.05, 0) is 36.4 Å². The molecule has 59 heavy (non-hydrogen) atoms.